The van der Waals surface area contributed by atoms with Crippen LogP contribution >= 0.6 is 0 Å². The summed E-state index contributed by atoms with van der Waals surface area (Å²) in [7, 11) is 0. The Balaban J connectivity index is 1.67. The van der Waals surface area contributed by atoms with Gasteiger partial charge in [-0.1, -0.05) is 6.92 Å². The molecule has 0 bridgehead atoms. The molecule has 2 aliphatic carbocycles. The Labute approximate surface area is 154 Å². The van der Waals surface area contributed by atoms with Crippen molar-refractivity contribution in [3.05, 3.63) is 33.9 Å². The van der Waals surface area contributed by atoms with Crippen molar-refractivity contribution in [3.63, 3.8) is 0 Å². The van der Waals surface area contributed by atoms with Crippen LogP contribution in [0, 0.1) is 17.2 Å². The number of carboxylic acids is 1. The first kappa shape index (κ1) is 16.7. The van der Waals surface area contributed by atoms with Crippen LogP contribution in [0.2, 0.25) is 0 Å². The van der Waals surface area contributed by atoms with Gasteiger partial charge in [-0.3, -0.25) is 4.79 Å². The SMILES string of the molecule is C[C@@]12CN(c3nc4c(cc3F)c(=O)c(C(=O)O)cn4C3CC3)C[C@@H]1C[C@@H]2N. The number of aromatic carboxylic acids is 1. The second kappa shape index (κ2) is 5.28. The predicted molar refractivity (Wildman–Crippen MR) is 97.6 cm³/mol. The lowest BCUT2D eigenvalue weighted by Crippen LogP contribution is -2.55. The first-order valence-electron chi connectivity index (χ1n) is 9.29. The average Bonchev–Trinajstić information content (AvgIpc) is 3.41. The smallest absolute Gasteiger partial charge is 0.341 e. The van der Waals surface area contributed by atoms with Crippen LogP contribution in [0.15, 0.2) is 17.1 Å². The van der Waals surface area contributed by atoms with E-state index in [9.17, 15) is 19.1 Å². The molecule has 7 nitrogen and oxygen atoms in total. The van der Waals surface area contributed by atoms with Crippen LogP contribution < -0.4 is 16.1 Å². The third kappa shape index (κ3) is 2.25. The molecular formula is C19H21FN4O3. The number of anilines is 1. The van der Waals surface area contributed by atoms with E-state index < -0.39 is 17.2 Å². The largest absolute Gasteiger partial charge is 0.477 e. The van der Waals surface area contributed by atoms with Crippen LogP contribution in [0.4, 0.5) is 10.2 Å². The van der Waals surface area contributed by atoms with Crippen molar-refractivity contribution in [2.45, 2.75) is 38.3 Å². The lowest BCUT2D eigenvalue weighted by Gasteiger charge is -2.47. The molecule has 1 aliphatic heterocycles. The number of carboxylic acid groups (broad SMARTS) is 1. The number of halogens is 1. The molecule has 3 N–H and O–H groups in total. The second-order valence-electron chi connectivity index (χ2n) is 8.41. The van der Waals surface area contributed by atoms with Crippen LogP contribution in [-0.4, -0.2) is 39.8 Å². The van der Waals surface area contributed by atoms with Gasteiger partial charge in [-0.25, -0.2) is 14.2 Å². The minimum absolute atomic E-state index is 0.0214. The Kier molecular flexibility index (Phi) is 3.26. The fraction of sp³-hybridized carbons (Fsp3) is 0.526. The van der Waals surface area contributed by atoms with E-state index in [-0.39, 0.29) is 34.3 Å². The Hall–Kier alpha value is -2.48. The van der Waals surface area contributed by atoms with Gasteiger partial charge >= 0.3 is 5.97 Å². The summed E-state index contributed by atoms with van der Waals surface area (Å²) in [5.41, 5.74) is 5.45. The average molecular weight is 372 g/mol. The summed E-state index contributed by atoms with van der Waals surface area (Å²) in [6.45, 7) is 3.46. The number of hydrogen-bond donors (Lipinski definition) is 2. The minimum Gasteiger partial charge on any atom is -0.477 e. The maximum absolute atomic E-state index is 14.9. The van der Waals surface area contributed by atoms with E-state index >= 15 is 0 Å². The molecule has 0 unspecified atom stereocenters. The van der Waals surface area contributed by atoms with Gasteiger partial charge < -0.3 is 20.3 Å². The minimum atomic E-state index is -1.31. The third-order valence-corrected chi connectivity index (χ3v) is 6.70. The van der Waals surface area contributed by atoms with E-state index in [1.54, 1.807) is 4.57 Å². The molecule has 8 heteroatoms. The van der Waals surface area contributed by atoms with Gasteiger partial charge in [0.05, 0.1) is 5.39 Å². The molecule has 0 spiro atoms. The fourth-order valence-corrected chi connectivity index (χ4v) is 4.66. The third-order valence-electron chi connectivity index (χ3n) is 6.70. The highest BCUT2D eigenvalue weighted by atomic mass is 19.1. The number of carbonyl (C=O) groups is 1. The first-order valence-corrected chi connectivity index (χ1v) is 9.29. The van der Waals surface area contributed by atoms with Crippen LogP contribution in [-0.2, 0) is 0 Å². The zero-order valence-electron chi connectivity index (χ0n) is 15.0. The molecule has 1 saturated heterocycles. The maximum atomic E-state index is 14.9. The summed E-state index contributed by atoms with van der Waals surface area (Å²) in [6, 6.07) is 1.37. The van der Waals surface area contributed by atoms with Crippen LogP contribution in [0.3, 0.4) is 0 Å². The number of nitrogens with zero attached hydrogens (tertiary/aromatic N) is 3. The Morgan fingerprint density at radius 3 is 2.78 bits per heavy atom. The van der Waals surface area contributed by atoms with E-state index in [1.807, 2.05) is 4.90 Å². The van der Waals surface area contributed by atoms with Crippen molar-refractivity contribution < 1.29 is 14.3 Å². The van der Waals surface area contributed by atoms with E-state index in [0.29, 0.717) is 24.7 Å². The molecule has 2 saturated carbocycles. The normalized spacial score (nSPS) is 29.7. The summed E-state index contributed by atoms with van der Waals surface area (Å²) in [4.78, 5) is 30.4. The number of fused-ring (bicyclic) bond motifs is 2. The molecule has 0 amide bonds. The second-order valence-corrected chi connectivity index (χ2v) is 8.41. The van der Waals surface area contributed by atoms with E-state index in [0.717, 1.165) is 25.3 Å². The van der Waals surface area contributed by atoms with Crippen LogP contribution in [0.5, 0.6) is 0 Å². The molecule has 3 atom stereocenters. The van der Waals surface area contributed by atoms with Gasteiger partial charge in [0.25, 0.3) is 0 Å². The standard InChI is InChI=1S/C19H21FN4O3/c1-19-8-23(6-9(19)4-14(19)21)17-13(20)5-11-15(25)12(18(26)27)7-24(10-2-3-10)16(11)22-17/h5,7,9-10,14H,2-4,6,8,21H2,1H3,(H,26,27)/t9-,14-,19+/m0/s1. The van der Waals surface area contributed by atoms with Crippen molar-refractivity contribution in [3.8, 4) is 0 Å². The Bertz CT molecular complexity index is 1050. The van der Waals surface area contributed by atoms with E-state index in [2.05, 4.69) is 11.9 Å². The molecule has 3 heterocycles. The monoisotopic (exact) mass is 372 g/mol. The van der Waals surface area contributed by atoms with Gasteiger partial charge in [0.15, 0.2) is 11.6 Å². The number of aromatic nitrogens is 2. The fourth-order valence-electron chi connectivity index (χ4n) is 4.66. The van der Waals surface area contributed by atoms with Gasteiger partial charge in [0, 0.05) is 36.8 Å². The highest BCUT2D eigenvalue weighted by molar-refractivity contribution is 5.92. The molecule has 3 fully saturated rings. The first-order chi connectivity index (χ1) is 12.8. The van der Waals surface area contributed by atoms with Crippen LogP contribution in [0.1, 0.15) is 42.6 Å². The molecule has 2 aromatic heterocycles. The zero-order valence-corrected chi connectivity index (χ0v) is 15.0. The number of hydrogen-bond acceptors (Lipinski definition) is 5. The van der Waals surface area contributed by atoms with E-state index in [1.165, 1.54) is 6.20 Å². The van der Waals surface area contributed by atoms with Crippen molar-refractivity contribution in [1.82, 2.24) is 9.55 Å². The lowest BCUT2D eigenvalue weighted by atomic mass is 9.60. The molecule has 27 heavy (non-hydrogen) atoms. The summed E-state index contributed by atoms with van der Waals surface area (Å²) >= 11 is 0. The lowest BCUT2D eigenvalue weighted by molar-refractivity contribution is 0.0695. The quantitative estimate of drug-likeness (QED) is 0.851. The van der Waals surface area contributed by atoms with Gasteiger partial charge in [-0.05, 0) is 31.2 Å². The number of rotatable bonds is 3. The molecular weight excluding hydrogens is 351 g/mol. The van der Waals surface area contributed by atoms with Gasteiger partial charge in [0.2, 0.25) is 5.43 Å². The van der Waals surface area contributed by atoms with E-state index in [4.69, 9.17) is 5.73 Å². The van der Waals surface area contributed by atoms with Crippen molar-refractivity contribution >= 4 is 22.8 Å². The number of nitrogens with two attached hydrogens (primary N) is 1. The van der Waals surface area contributed by atoms with Crippen molar-refractivity contribution in [2.24, 2.45) is 17.1 Å². The highest BCUT2D eigenvalue weighted by Gasteiger charge is 2.55. The molecule has 0 radical (unpaired) electrons. The topological polar surface area (TPSA) is 101 Å². The zero-order chi connectivity index (χ0) is 19.1. The van der Waals surface area contributed by atoms with Gasteiger partial charge in [-0.15, -0.1) is 0 Å². The molecule has 3 aliphatic rings. The molecule has 0 aromatic carbocycles. The molecule has 5 rings (SSSR count). The van der Waals surface area contributed by atoms with Crippen molar-refractivity contribution in [1.29, 1.82) is 0 Å². The van der Waals surface area contributed by atoms with Crippen LogP contribution in [0.25, 0.3) is 11.0 Å². The van der Waals surface area contributed by atoms with Crippen molar-refractivity contribution in [2.75, 3.05) is 18.0 Å². The number of pyridine rings is 2. The predicted octanol–water partition coefficient (Wildman–Crippen LogP) is 1.74. The molecule has 2 aromatic rings. The Morgan fingerprint density at radius 2 is 2.19 bits per heavy atom. The van der Waals surface area contributed by atoms with Gasteiger partial charge in [-0.2, -0.15) is 0 Å². The summed E-state index contributed by atoms with van der Waals surface area (Å²) < 4.78 is 16.6. The van der Waals surface area contributed by atoms with Gasteiger partial charge in [0.1, 0.15) is 11.2 Å². The summed E-state index contributed by atoms with van der Waals surface area (Å²) in [6.07, 6.45) is 4.06. The summed E-state index contributed by atoms with van der Waals surface area (Å²) in [5.74, 6) is -1.26. The highest BCUT2D eigenvalue weighted by Crippen LogP contribution is 2.51. The maximum Gasteiger partial charge on any atom is 0.341 e. The summed E-state index contributed by atoms with van der Waals surface area (Å²) in [5, 5.41) is 9.34. The Morgan fingerprint density at radius 1 is 1.44 bits per heavy atom. The molecule has 142 valence electrons.